The molecule has 1 aliphatic carbocycles. The average molecular weight is 559 g/mol. The van der Waals surface area contributed by atoms with Crippen molar-refractivity contribution in [1.82, 2.24) is 9.03 Å². The SMILES string of the molecule is C[C@H](NS(=O)(=O)N1C[C@H](CCC[B]O)[C@](N)(C(=O)O)C1)C1(N)CCC1.[W]. The van der Waals surface area contributed by atoms with Crippen molar-refractivity contribution in [2.24, 2.45) is 17.4 Å². The van der Waals surface area contributed by atoms with Gasteiger partial charge < -0.3 is 21.6 Å². The molecule has 2 aliphatic rings. The van der Waals surface area contributed by atoms with Crippen LogP contribution in [0.1, 0.15) is 39.0 Å². The maximum absolute atomic E-state index is 12.7. The predicted octanol–water partition coefficient (Wildman–Crippen LogP) is -1.39. The molecule has 0 bridgehead atoms. The number of hydrogen-bond donors (Lipinski definition) is 5. The molecule has 0 aromatic carbocycles. The van der Waals surface area contributed by atoms with E-state index in [4.69, 9.17) is 16.5 Å². The van der Waals surface area contributed by atoms with Crippen molar-refractivity contribution in [3.05, 3.63) is 0 Å². The van der Waals surface area contributed by atoms with Gasteiger partial charge in [0.15, 0.2) is 0 Å². The Morgan fingerprint density at radius 1 is 1.42 bits per heavy atom. The first-order valence-corrected chi connectivity index (χ1v) is 10.0. The second-order valence-electron chi connectivity index (χ2n) is 7.38. The Bertz CT molecular complexity index is 606. The van der Waals surface area contributed by atoms with Crippen LogP contribution in [0.5, 0.6) is 0 Å². The molecule has 1 heterocycles. The van der Waals surface area contributed by atoms with Crippen molar-refractivity contribution in [3.8, 4) is 0 Å². The summed E-state index contributed by atoms with van der Waals surface area (Å²) in [4.78, 5) is 11.6. The number of hydrogen-bond acceptors (Lipinski definition) is 6. The number of nitrogens with two attached hydrogens (primary N) is 2. The van der Waals surface area contributed by atoms with Crippen LogP contribution >= 0.6 is 0 Å². The van der Waals surface area contributed by atoms with Crippen LogP contribution < -0.4 is 16.2 Å². The van der Waals surface area contributed by atoms with E-state index in [-0.39, 0.29) is 34.2 Å². The molecule has 2 fully saturated rings. The zero-order valence-corrected chi connectivity index (χ0v) is 18.7. The molecule has 149 valence electrons. The van der Waals surface area contributed by atoms with Crippen molar-refractivity contribution in [1.29, 1.82) is 0 Å². The summed E-state index contributed by atoms with van der Waals surface area (Å²) < 4.78 is 29.0. The Kier molecular flexibility index (Phi) is 8.30. The van der Waals surface area contributed by atoms with Gasteiger partial charge in [0.05, 0.1) is 0 Å². The molecule has 0 spiro atoms. The van der Waals surface area contributed by atoms with Crippen LogP contribution in [0, 0.1) is 5.92 Å². The van der Waals surface area contributed by atoms with Crippen LogP contribution in [0.25, 0.3) is 0 Å². The molecule has 1 radical (unpaired) electrons. The normalized spacial score (nSPS) is 29.5. The minimum Gasteiger partial charge on any atom is -0.480 e. The molecule has 12 heteroatoms. The van der Waals surface area contributed by atoms with Crippen LogP contribution in [0.3, 0.4) is 0 Å². The van der Waals surface area contributed by atoms with Gasteiger partial charge in [0, 0.05) is 51.7 Å². The van der Waals surface area contributed by atoms with Gasteiger partial charge in [-0.2, -0.15) is 17.4 Å². The molecule has 2 rings (SSSR count). The molecule has 7 N–H and O–H groups in total. The first kappa shape index (κ1) is 24.0. The third-order valence-electron chi connectivity index (χ3n) is 5.69. The number of carboxylic acids is 1. The van der Waals surface area contributed by atoms with Gasteiger partial charge in [0.25, 0.3) is 17.7 Å². The molecule has 1 saturated heterocycles. The summed E-state index contributed by atoms with van der Waals surface area (Å²) in [5.74, 6) is -1.74. The zero-order chi connectivity index (χ0) is 18.9. The molecule has 26 heavy (non-hydrogen) atoms. The van der Waals surface area contributed by atoms with Crippen LogP contribution in [0.15, 0.2) is 0 Å². The molecule has 3 atom stereocenters. The summed E-state index contributed by atoms with van der Waals surface area (Å²) in [6, 6.07) is -0.439. The van der Waals surface area contributed by atoms with E-state index in [1.807, 2.05) is 0 Å². The monoisotopic (exact) mass is 559 g/mol. The summed E-state index contributed by atoms with van der Waals surface area (Å²) in [6.45, 7) is 1.48. The summed E-state index contributed by atoms with van der Waals surface area (Å²) in [5.41, 5.74) is 10.0. The Hall–Kier alpha value is -0.0268. The zero-order valence-electron chi connectivity index (χ0n) is 14.9. The number of rotatable bonds is 9. The first-order valence-electron chi connectivity index (χ1n) is 8.59. The molecule has 0 aromatic rings. The van der Waals surface area contributed by atoms with Crippen LogP contribution in [0.4, 0.5) is 0 Å². The number of aliphatic carboxylic acids is 1. The largest absolute Gasteiger partial charge is 0.480 e. The van der Waals surface area contributed by atoms with Crippen molar-refractivity contribution in [2.75, 3.05) is 13.1 Å². The van der Waals surface area contributed by atoms with Crippen LogP contribution in [0.2, 0.25) is 6.32 Å². The second kappa shape index (κ2) is 8.98. The predicted molar refractivity (Wildman–Crippen MR) is 93.9 cm³/mol. The third kappa shape index (κ3) is 4.87. The van der Waals surface area contributed by atoms with E-state index in [0.717, 1.165) is 31.1 Å². The summed E-state index contributed by atoms with van der Waals surface area (Å²) in [5, 5.41) is 18.3. The van der Waals surface area contributed by atoms with E-state index >= 15 is 0 Å². The van der Waals surface area contributed by atoms with Gasteiger partial charge in [-0.3, -0.25) is 4.79 Å². The summed E-state index contributed by atoms with van der Waals surface area (Å²) in [7, 11) is -2.88. The van der Waals surface area contributed by atoms with Gasteiger partial charge in [-0.1, -0.05) is 12.7 Å². The Labute approximate surface area is 170 Å². The van der Waals surface area contributed by atoms with E-state index in [1.54, 1.807) is 6.92 Å². The molecule has 1 aliphatic heterocycles. The maximum atomic E-state index is 12.7. The standard InChI is InChI=1S/C14H28BN4O5S.W/c1-10(13(16)5-3-6-13)18-25(23,24)19-8-11(4-2-7-15-22)14(17,9-19)12(20)21;/h10-11,18,22H,2-9,16-17H2,1H3,(H,20,21);/t10-,11-,14-;/m0./s1. The molecule has 0 aromatic heterocycles. The quantitative estimate of drug-likeness (QED) is 0.172. The minimum atomic E-state index is -3.88. The molecule has 0 amide bonds. The van der Waals surface area contributed by atoms with Crippen LogP contribution in [-0.2, 0) is 36.1 Å². The van der Waals surface area contributed by atoms with E-state index in [1.165, 1.54) is 0 Å². The van der Waals surface area contributed by atoms with Crippen molar-refractivity contribution in [2.45, 2.75) is 62.5 Å². The van der Waals surface area contributed by atoms with Crippen molar-refractivity contribution < 1.29 is 44.4 Å². The Morgan fingerprint density at radius 3 is 2.50 bits per heavy atom. The van der Waals surface area contributed by atoms with Crippen molar-refractivity contribution >= 4 is 23.7 Å². The maximum Gasteiger partial charge on any atom is 0.325 e. The minimum absolute atomic E-state index is 0. The molecule has 0 unspecified atom stereocenters. The van der Waals surface area contributed by atoms with Gasteiger partial charge in [-0.25, -0.2) is 0 Å². The average Bonchev–Trinajstić information content (AvgIpc) is 2.84. The number of nitrogens with zero attached hydrogens (tertiary/aromatic N) is 1. The molecule has 1 saturated carbocycles. The van der Waals surface area contributed by atoms with Gasteiger partial charge >= 0.3 is 5.97 Å². The Morgan fingerprint density at radius 2 is 2.04 bits per heavy atom. The fraction of sp³-hybridized carbons (Fsp3) is 0.929. The smallest absolute Gasteiger partial charge is 0.325 e. The van der Waals surface area contributed by atoms with Crippen molar-refractivity contribution in [3.63, 3.8) is 0 Å². The molecular weight excluding hydrogens is 531 g/mol. The van der Waals surface area contributed by atoms with Crippen LogP contribution in [-0.4, -0.2) is 66.5 Å². The third-order valence-corrected chi connectivity index (χ3v) is 7.30. The number of nitrogens with one attached hydrogen (secondary N) is 1. The van der Waals surface area contributed by atoms with Gasteiger partial charge in [0.1, 0.15) is 5.54 Å². The summed E-state index contributed by atoms with van der Waals surface area (Å²) >= 11 is 0. The van der Waals surface area contributed by atoms with E-state index in [2.05, 4.69) is 4.72 Å². The topological polar surface area (TPSA) is 159 Å². The van der Waals surface area contributed by atoms with E-state index in [9.17, 15) is 18.3 Å². The Balaban J connectivity index is 0.00000338. The molecule has 9 nitrogen and oxygen atoms in total. The van der Waals surface area contributed by atoms with Gasteiger partial charge in [0.2, 0.25) is 0 Å². The molecular formula is C14H28BN4O5SW. The first-order chi connectivity index (χ1) is 11.5. The number of carboxylic acid groups (broad SMARTS) is 1. The van der Waals surface area contributed by atoms with E-state index in [0.29, 0.717) is 19.2 Å². The van der Waals surface area contributed by atoms with E-state index < -0.39 is 39.2 Å². The van der Waals surface area contributed by atoms with Gasteiger partial charge in [-0.05, 0) is 32.6 Å². The fourth-order valence-corrected chi connectivity index (χ4v) is 5.15. The van der Waals surface area contributed by atoms with Gasteiger partial charge in [-0.15, -0.1) is 0 Å². The number of carbonyl (C=O) groups is 1. The fourth-order valence-electron chi connectivity index (χ4n) is 3.56. The summed E-state index contributed by atoms with van der Waals surface area (Å²) in [6.07, 6.45) is 3.85. The second-order valence-corrected chi connectivity index (χ2v) is 9.08.